The van der Waals surface area contributed by atoms with Crippen molar-refractivity contribution in [1.82, 2.24) is 15.8 Å². The van der Waals surface area contributed by atoms with Crippen molar-refractivity contribution >= 4 is 29.4 Å². The highest BCUT2D eigenvalue weighted by molar-refractivity contribution is 6.27. The summed E-state index contributed by atoms with van der Waals surface area (Å²) in [6, 6.07) is -0.636. The topological polar surface area (TPSA) is 78.5 Å². The first-order valence-electron chi connectivity index (χ1n) is 4.46. The minimum atomic E-state index is -0.948. The molecule has 1 aliphatic rings. The van der Waals surface area contributed by atoms with Crippen LogP contribution >= 0.6 is 11.6 Å². The van der Waals surface area contributed by atoms with Crippen LogP contribution in [0.25, 0.3) is 0 Å². The van der Waals surface area contributed by atoms with Crippen LogP contribution in [-0.2, 0) is 9.59 Å². The van der Waals surface area contributed by atoms with E-state index >= 15 is 0 Å². The van der Waals surface area contributed by atoms with Crippen molar-refractivity contribution < 1.29 is 14.4 Å². The number of carbonyl (C=O) groups excluding carboxylic acids is 3. The van der Waals surface area contributed by atoms with Crippen LogP contribution in [-0.4, -0.2) is 34.3 Å². The molecule has 0 aliphatic carbocycles. The van der Waals surface area contributed by atoms with E-state index in [9.17, 15) is 14.4 Å². The van der Waals surface area contributed by atoms with Crippen molar-refractivity contribution in [3.63, 3.8) is 0 Å². The number of hydrogen-bond acceptors (Lipinski definition) is 3. The van der Waals surface area contributed by atoms with Gasteiger partial charge in [-0.15, -0.1) is 11.6 Å². The third-order valence-corrected chi connectivity index (χ3v) is 2.57. The molecular weight excluding hydrogens is 222 g/mol. The van der Waals surface area contributed by atoms with Gasteiger partial charge in [0.15, 0.2) is 0 Å². The van der Waals surface area contributed by atoms with Gasteiger partial charge in [-0.05, 0) is 13.3 Å². The quantitative estimate of drug-likeness (QED) is 0.531. The van der Waals surface area contributed by atoms with Gasteiger partial charge in [-0.25, -0.2) is 4.79 Å². The van der Waals surface area contributed by atoms with Gasteiger partial charge in [-0.3, -0.25) is 15.0 Å². The molecule has 7 heteroatoms. The molecule has 1 unspecified atom stereocenters. The summed E-state index contributed by atoms with van der Waals surface area (Å²) >= 11 is 5.25. The zero-order valence-electron chi connectivity index (χ0n) is 8.46. The van der Waals surface area contributed by atoms with Gasteiger partial charge in [0.25, 0.3) is 11.8 Å². The maximum atomic E-state index is 11.7. The van der Waals surface area contributed by atoms with Crippen LogP contribution in [0.2, 0.25) is 0 Å². The second-order valence-electron chi connectivity index (χ2n) is 3.42. The van der Waals surface area contributed by atoms with Crippen molar-refractivity contribution in [2.75, 3.05) is 5.88 Å². The number of hydrogen-bond donors (Lipinski definition) is 2. The molecule has 0 bridgehead atoms. The average molecular weight is 234 g/mol. The Kier molecular flexibility index (Phi) is 3.18. The molecule has 4 amide bonds. The number of carbonyl (C=O) groups is 3. The van der Waals surface area contributed by atoms with Gasteiger partial charge in [0.1, 0.15) is 11.4 Å². The number of alkyl halides is 1. The van der Waals surface area contributed by atoms with Crippen molar-refractivity contribution in [3.05, 3.63) is 0 Å². The second kappa shape index (κ2) is 4.06. The molecule has 1 heterocycles. The van der Waals surface area contributed by atoms with Gasteiger partial charge in [0, 0.05) is 0 Å². The molecule has 1 rings (SSSR count). The van der Waals surface area contributed by atoms with Crippen LogP contribution in [0.4, 0.5) is 4.79 Å². The maximum Gasteiger partial charge on any atom is 0.344 e. The molecular formula is C8H12ClN3O3. The number of nitrogens with one attached hydrogen (secondary N) is 2. The lowest BCUT2D eigenvalue weighted by molar-refractivity contribution is -0.137. The van der Waals surface area contributed by atoms with Gasteiger partial charge < -0.3 is 5.32 Å². The fourth-order valence-corrected chi connectivity index (χ4v) is 1.24. The standard InChI is InChI=1S/C8H12ClN3O3/c1-3-8(2)6(14)12(7(15)10-8)11-5(13)4-9/h3-4H2,1-2H3,(H,10,15)(H,11,13). The molecule has 0 aromatic heterocycles. The molecule has 2 N–H and O–H groups in total. The van der Waals surface area contributed by atoms with E-state index in [2.05, 4.69) is 10.7 Å². The van der Waals surface area contributed by atoms with Gasteiger partial charge in [0.2, 0.25) is 0 Å². The molecule has 0 aromatic rings. The number of nitrogens with zero attached hydrogens (tertiary/aromatic N) is 1. The van der Waals surface area contributed by atoms with Crippen LogP contribution in [0, 0.1) is 0 Å². The third-order valence-electron chi connectivity index (χ3n) is 2.33. The lowest BCUT2D eigenvalue weighted by atomic mass is 10.00. The average Bonchev–Trinajstić information content (AvgIpc) is 2.42. The lowest BCUT2D eigenvalue weighted by Gasteiger charge is -2.18. The van der Waals surface area contributed by atoms with Gasteiger partial charge >= 0.3 is 6.03 Å². The van der Waals surface area contributed by atoms with E-state index in [1.165, 1.54) is 0 Å². The SMILES string of the molecule is CCC1(C)NC(=O)N(NC(=O)CCl)C1=O. The number of rotatable bonds is 3. The molecule has 0 radical (unpaired) electrons. The summed E-state index contributed by atoms with van der Waals surface area (Å²) in [5.74, 6) is -1.38. The van der Waals surface area contributed by atoms with E-state index < -0.39 is 23.4 Å². The van der Waals surface area contributed by atoms with Crippen molar-refractivity contribution in [2.24, 2.45) is 0 Å². The molecule has 1 atom stereocenters. The van der Waals surface area contributed by atoms with E-state index in [-0.39, 0.29) is 5.88 Å². The van der Waals surface area contributed by atoms with E-state index in [0.717, 1.165) is 0 Å². The zero-order chi connectivity index (χ0) is 11.6. The summed E-state index contributed by atoms with van der Waals surface area (Å²) in [5.41, 5.74) is 1.17. The molecule has 0 saturated carbocycles. The Balaban J connectivity index is 2.80. The molecule has 1 fully saturated rings. The lowest BCUT2D eigenvalue weighted by Crippen LogP contribution is -2.48. The smallest absolute Gasteiger partial charge is 0.322 e. The minimum Gasteiger partial charge on any atom is -0.322 e. The van der Waals surface area contributed by atoms with E-state index in [1.807, 2.05) is 0 Å². The minimum absolute atomic E-state index is 0.306. The van der Waals surface area contributed by atoms with Crippen molar-refractivity contribution in [2.45, 2.75) is 25.8 Å². The second-order valence-corrected chi connectivity index (χ2v) is 3.69. The summed E-state index contributed by atoms with van der Waals surface area (Å²) in [7, 11) is 0. The molecule has 1 saturated heterocycles. The first-order valence-corrected chi connectivity index (χ1v) is 5.00. The maximum absolute atomic E-state index is 11.7. The monoisotopic (exact) mass is 233 g/mol. The first-order chi connectivity index (χ1) is 6.94. The molecule has 0 aromatic carbocycles. The molecule has 84 valence electrons. The highest BCUT2D eigenvalue weighted by atomic mass is 35.5. The Labute approximate surface area is 91.9 Å². The number of imide groups is 1. The summed E-state index contributed by atoms with van der Waals surface area (Å²) < 4.78 is 0. The molecule has 6 nitrogen and oxygen atoms in total. The summed E-state index contributed by atoms with van der Waals surface area (Å²) in [6.07, 6.45) is 0.449. The predicted molar refractivity (Wildman–Crippen MR) is 52.9 cm³/mol. The molecule has 1 aliphatic heterocycles. The van der Waals surface area contributed by atoms with Crippen LogP contribution in [0.1, 0.15) is 20.3 Å². The number of urea groups is 1. The first kappa shape index (κ1) is 11.8. The fraction of sp³-hybridized carbons (Fsp3) is 0.625. The Morgan fingerprint density at radius 1 is 1.60 bits per heavy atom. The fourth-order valence-electron chi connectivity index (χ4n) is 1.18. The summed E-state index contributed by atoms with van der Waals surface area (Å²) in [6.45, 7) is 3.37. The van der Waals surface area contributed by atoms with E-state index in [0.29, 0.717) is 11.4 Å². The zero-order valence-corrected chi connectivity index (χ0v) is 9.22. The molecule has 0 spiro atoms. The van der Waals surface area contributed by atoms with Crippen LogP contribution in [0.5, 0.6) is 0 Å². The van der Waals surface area contributed by atoms with Gasteiger partial charge in [0.05, 0.1) is 0 Å². The van der Waals surface area contributed by atoms with Crippen molar-refractivity contribution in [1.29, 1.82) is 0 Å². The van der Waals surface area contributed by atoms with Crippen LogP contribution < -0.4 is 10.7 Å². The Morgan fingerprint density at radius 2 is 2.20 bits per heavy atom. The number of amides is 4. The van der Waals surface area contributed by atoms with Gasteiger partial charge in [-0.2, -0.15) is 5.01 Å². The Morgan fingerprint density at radius 3 is 2.60 bits per heavy atom. The normalized spacial score (nSPS) is 25.4. The summed E-state index contributed by atoms with van der Waals surface area (Å²) in [5, 5.41) is 3.15. The largest absolute Gasteiger partial charge is 0.344 e. The van der Waals surface area contributed by atoms with Crippen LogP contribution in [0.3, 0.4) is 0 Å². The van der Waals surface area contributed by atoms with E-state index in [4.69, 9.17) is 11.6 Å². The predicted octanol–water partition coefficient (Wildman–Crippen LogP) is -0.0231. The molecule has 15 heavy (non-hydrogen) atoms. The van der Waals surface area contributed by atoms with Crippen molar-refractivity contribution in [3.8, 4) is 0 Å². The Hall–Kier alpha value is -1.30. The van der Waals surface area contributed by atoms with E-state index in [1.54, 1.807) is 13.8 Å². The van der Waals surface area contributed by atoms with Gasteiger partial charge in [-0.1, -0.05) is 6.92 Å². The Bertz CT molecular complexity index is 320. The number of halogens is 1. The highest BCUT2D eigenvalue weighted by Crippen LogP contribution is 2.18. The van der Waals surface area contributed by atoms with Crippen LogP contribution in [0.15, 0.2) is 0 Å². The highest BCUT2D eigenvalue weighted by Gasteiger charge is 2.47. The third kappa shape index (κ3) is 2.04. The number of hydrazine groups is 1. The summed E-state index contributed by atoms with van der Waals surface area (Å²) in [4.78, 5) is 34.0.